The van der Waals surface area contributed by atoms with E-state index in [-0.39, 0.29) is 6.42 Å². The Morgan fingerprint density at radius 2 is 1.92 bits per heavy atom. The van der Waals surface area contributed by atoms with Crippen LogP contribution in [0.4, 0.5) is 4.79 Å². The topological polar surface area (TPSA) is 84.9 Å². The summed E-state index contributed by atoms with van der Waals surface area (Å²) in [5, 5.41) is 11.7. The zero-order valence-corrected chi connectivity index (χ0v) is 14.4. The molecule has 0 saturated heterocycles. The molecule has 0 radical (unpaired) electrons. The number of carbonyl (C=O) groups excluding carboxylic acids is 1. The second-order valence-corrected chi connectivity index (χ2v) is 6.31. The van der Waals surface area contributed by atoms with Crippen LogP contribution < -0.4 is 10.1 Å². The summed E-state index contributed by atoms with van der Waals surface area (Å²) < 4.78 is 10.6. The Balaban J connectivity index is 2.63. The predicted octanol–water partition coefficient (Wildman–Crippen LogP) is 3.16. The molecule has 0 spiro atoms. The first-order valence-corrected chi connectivity index (χ1v) is 7.76. The van der Waals surface area contributed by atoms with E-state index in [0.717, 1.165) is 12.0 Å². The summed E-state index contributed by atoms with van der Waals surface area (Å²) in [5.41, 5.74) is 0.0897. The summed E-state index contributed by atoms with van der Waals surface area (Å²) in [6.45, 7) is 9.31. The van der Waals surface area contributed by atoms with Crippen LogP contribution in [-0.4, -0.2) is 35.4 Å². The average Bonchev–Trinajstić information content (AvgIpc) is 2.46. The normalized spacial score (nSPS) is 12.1. The van der Waals surface area contributed by atoms with Crippen molar-refractivity contribution in [3.63, 3.8) is 0 Å². The van der Waals surface area contributed by atoms with Crippen LogP contribution >= 0.6 is 0 Å². The van der Waals surface area contributed by atoms with Crippen molar-refractivity contribution in [1.29, 1.82) is 0 Å². The minimum Gasteiger partial charge on any atom is -0.493 e. The van der Waals surface area contributed by atoms with Crippen LogP contribution in [0, 0.1) is 0 Å². The largest absolute Gasteiger partial charge is 0.493 e. The Bertz CT molecular complexity index is 560. The van der Waals surface area contributed by atoms with Gasteiger partial charge in [0.15, 0.2) is 0 Å². The molecule has 0 saturated carbocycles. The number of carboxylic acid groups (broad SMARTS) is 1. The van der Waals surface area contributed by atoms with Crippen LogP contribution in [0.1, 0.15) is 32.8 Å². The van der Waals surface area contributed by atoms with E-state index < -0.39 is 23.7 Å². The minimum absolute atomic E-state index is 0.154. The summed E-state index contributed by atoms with van der Waals surface area (Å²) >= 11 is 0. The molecular formula is C18H25NO5. The number of hydrogen-bond donors (Lipinski definition) is 2. The molecule has 0 aliphatic rings. The SMILES string of the molecule is C=CCCOc1ccc(CC(NC(=O)OC(C)(C)C)C(=O)O)cc1. The van der Waals surface area contributed by atoms with Crippen molar-refractivity contribution in [3.05, 3.63) is 42.5 Å². The minimum atomic E-state index is -1.12. The van der Waals surface area contributed by atoms with Gasteiger partial charge in [0, 0.05) is 6.42 Å². The molecule has 0 fully saturated rings. The quantitative estimate of drug-likeness (QED) is 0.563. The van der Waals surface area contributed by atoms with E-state index in [1.807, 2.05) is 0 Å². The van der Waals surface area contributed by atoms with E-state index in [4.69, 9.17) is 9.47 Å². The molecule has 1 amide bonds. The fourth-order valence-electron chi connectivity index (χ4n) is 1.87. The number of carbonyl (C=O) groups is 2. The first kappa shape index (κ1) is 19.5. The van der Waals surface area contributed by atoms with Gasteiger partial charge < -0.3 is 19.9 Å². The molecule has 1 aromatic rings. The molecule has 132 valence electrons. The van der Waals surface area contributed by atoms with Crippen LogP contribution in [0.2, 0.25) is 0 Å². The van der Waals surface area contributed by atoms with Gasteiger partial charge in [0.25, 0.3) is 0 Å². The van der Waals surface area contributed by atoms with Crippen molar-refractivity contribution < 1.29 is 24.2 Å². The van der Waals surface area contributed by atoms with E-state index in [1.54, 1.807) is 51.1 Å². The molecule has 0 heterocycles. The summed E-state index contributed by atoms with van der Waals surface area (Å²) in [6, 6.07) is 6.02. The number of nitrogens with one attached hydrogen (secondary N) is 1. The highest BCUT2D eigenvalue weighted by molar-refractivity contribution is 5.80. The third kappa shape index (κ3) is 7.67. The number of rotatable bonds is 8. The van der Waals surface area contributed by atoms with Crippen molar-refractivity contribution in [2.24, 2.45) is 0 Å². The second-order valence-electron chi connectivity index (χ2n) is 6.31. The van der Waals surface area contributed by atoms with Crippen LogP contribution in [0.5, 0.6) is 5.75 Å². The highest BCUT2D eigenvalue weighted by Gasteiger charge is 2.24. The first-order chi connectivity index (χ1) is 11.2. The van der Waals surface area contributed by atoms with Gasteiger partial charge in [0.1, 0.15) is 17.4 Å². The van der Waals surface area contributed by atoms with Gasteiger partial charge in [-0.2, -0.15) is 0 Å². The standard InChI is InChI=1S/C18H25NO5/c1-5-6-11-23-14-9-7-13(8-10-14)12-15(16(20)21)19-17(22)24-18(2,3)4/h5,7-10,15H,1,6,11-12H2,2-4H3,(H,19,22)(H,20,21). The lowest BCUT2D eigenvalue weighted by molar-refractivity contribution is -0.139. The smallest absolute Gasteiger partial charge is 0.408 e. The van der Waals surface area contributed by atoms with Crippen LogP contribution in [0.15, 0.2) is 36.9 Å². The average molecular weight is 335 g/mol. The predicted molar refractivity (Wildman–Crippen MR) is 91.2 cm³/mol. The molecule has 1 rings (SSSR count). The van der Waals surface area contributed by atoms with E-state index in [1.165, 1.54) is 0 Å². The van der Waals surface area contributed by atoms with Crippen molar-refractivity contribution in [1.82, 2.24) is 5.32 Å². The number of amides is 1. The van der Waals surface area contributed by atoms with Gasteiger partial charge in [0.2, 0.25) is 0 Å². The van der Waals surface area contributed by atoms with Crippen LogP contribution in [-0.2, 0) is 16.0 Å². The Labute approximate surface area is 142 Å². The van der Waals surface area contributed by atoms with Gasteiger partial charge in [-0.15, -0.1) is 6.58 Å². The highest BCUT2D eigenvalue weighted by atomic mass is 16.6. The maximum Gasteiger partial charge on any atom is 0.408 e. The maximum absolute atomic E-state index is 11.7. The fraction of sp³-hybridized carbons (Fsp3) is 0.444. The molecule has 0 aromatic heterocycles. The number of ether oxygens (including phenoxy) is 2. The summed E-state index contributed by atoms with van der Waals surface area (Å²) in [6.07, 6.45) is 1.93. The summed E-state index contributed by atoms with van der Waals surface area (Å²) in [4.78, 5) is 23.1. The number of carboxylic acids is 1. The van der Waals surface area contributed by atoms with Crippen LogP contribution in [0.3, 0.4) is 0 Å². The zero-order valence-electron chi connectivity index (χ0n) is 14.4. The van der Waals surface area contributed by atoms with E-state index in [9.17, 15) is 14.7 Å². The number of aliphatic carboxylic acids is 1. The molecular weight excluding hydrogens is 310 g/mol. The van der Waals surface area contributed by atoms with Gasteiger partial charge in [0.05, 0.1) is 6.61 Å². The number of hydrogen-bond acceptors (Lipinski definition) is 4. The molecule has 6 nitrogen and oxygen atoms in total. The first-order valence-electron chi connectivity index (χ1n) is 7.76. The highest BCUT2D eigenvalue weighted by Crippen LogP contribution is 2.14. The summed E-state index contributed by atoms with van der Waals surface area (Å²) in [7, 11) is 0. The van der Waals surface area contributed by atoms with E-state index in [2.05, 4.69) is 11.9 Å². The Morgan fingerprint density at radius 1 is 1.29 bits per heavy atom. The lowest BCUT2D eigenvalue weighted by Gasteiger charge is -2.22. The Morgan fingerprint density at radius 3 is 2.42 bits per heavy atom. The third-order valence-corrected chi connectivity index (χ3v) is 2.94. The van der Waals surface area contributed by atoms with Crippen molar-refractivity contribution >= 4 is 12.1 Å². The Kier molecular flexibility index (Phi) is 7.30. The molecule has 0 aliphatic carbocycles. The Hall–Kier alpha value is -2.50. The van der Waals surface area contributed by atoms with Crippen LogP contribution in [0.25, 0.3) is 0 Å². The molecule has 6 heteroatoms. The molecule has 2 N–H and O–H groups in total. The van der Waals surface area contributed by atoms with E-state index >= 15 is 0 Å². The van der Waals surface area contributed by atoms with Crippen molar-refractivity contribution in [2.45, 2.75) is 45.3 Å². The number of alkyl carbamates (subject to hydrolysis) is 1. The lowest BCUT2D eigenvalue weighted by Crippen LogP contribution is -2.44. The molecule has 1 aromatic carbocycles. The molecule has 0 aliphatic heterocycles. The van der Waals surface area contributed by atoms with Gasteiger partial charge in [-0.05, 0) is 44.9 Å². The third-order valence-electron chi connectivity index (χ3n) is 2.94. The molecule has 24 heavy (non-hydrogen) atoms. The van der Waals surface area contributed by atoms with Gasteiger partial charge in [-0.3, -0.25) is 0 Å². The van der Waals surface area contributed by atoms with Crippen molar-refractivity contribution in [2.75, 3.05) is 6.61 Å². The van der Waals surface area contributed by atoms with E-state index in [0.29, 0.717) is 12.4 Å². The van der Waals surface area contributed by atoms with Gasteiger partial charge >= 0.3 is 12.1 Å². The zero-order chi connectivity index (χ0) is 18.2. The second kappa shape index (κ2) is 8.96. The molecule has 0 bridgehead atoms. The lowest BCUT2D eigenvalue weighted by atomic mass is 10.1. The number of benzene rings is 1. The fourth-order valence-corrected chi connectivity index (χ4v) is 1.87. The molecule has 1 atom stereocenters. The van der Waals surface area contributed by atoms with Gasteiger partial charge in [-0.25, -0.2) is 9.59 Å². The summed E-state index contributed by atoms with van der Waals surface area (Å²) in [5.74, 6) is -0.417. The molecule has 1 unspecified atom stereocenters. The monoisotopic (exact) mass is 335 g/mol. The van der Waals surface area contributed by atoms with Gasteiger partial charge in [-0.1, -0.05) is 18.2 Å². The van der Waals surface area contributed by atoms with Crippen molar-refractivity contribution in [3.8, 4) is 5.75 Å². The maximum atomic E-state index is 11.7.